The maximum atomic E-state index is 12.1. The number of hydrogen-bond donors (Lipinski definition) is 2. The standard InChI is InChI=1S/C16H17N3O4/c20-15(21)14-8-13(17-18-14)12-6-7-19(9-12)16(22)23-10-11-4-2-1-3-5-11/h1-5,8,12H,6-7,9-10H2,(H,17,18)(H,20,21). The van der Waals surface area contributed by atoms with Crippen LogP contribution in [0.3, 0.4) is 0 Å². The van der Waals surface area contributed by atoms with Crippen LogP contribution in [0.4, 0.5) is 4.79 Å². The van der Waals surface area contributed by atoms with Crippen LogP contribution in [-0.2, 0) is 11.3 Å². The molecule has 1 unspecified atom stereocenters. The van der Waals surface area contributed by atoms with E-state index in [0.29, 0.717) is 13.1 Å². The molecule has 1 atom stereocenters. The van der Waals surface area contributed by atoms with Crippen molar-refractivity contribution in [2.24, 2.45) is 0 Å². The summed E-state index contributed by atoms with van der Waals surface area (Å²) in [6.45, 7) is 1.32. The van der Waals surface area contributed by atoms with Gasteiger partial charge in [0.1, 0.15) is 6.61 Å². The van der Waals surface area contributed by atoms with Gasteiger partial charge in [-0.15, -0.1) is 0 Å². The third-order valence-corrected chi connectivity index (χ3v) is 3.91. The quantitative estimate of drug-likeness (QED) is 0.902. The fourth-order valence-electron chi connectivity index (χ4n) is 2.65. The maximum absolute atomic E-state index is 12.1. The molecule has 7 heteroatoms. The minimum Gasteiger partial charge on any atom is -0.476 e. The number of H-pyrrole nitrogens is 1. The smallest absolute Gasteiger partial charge is 0.410 e. The van der Waals surface area contributed by atoms with Crippen molar-refractivity contribution in [2.45, 2.75) is 18.9 Å². The van der Waals surface area contributed by atoms with Crippen molar-refractivity contribution >= 4 is 12.1 Å². The predicted octanol–water partition coefficient (Wildman–Crippen LogP) is 2.23. The highest BCUT2D eigenvalue weighted by Gasteiger charge is 2.29. The second kappa shape index (κ2) is 6.51. The summed E-state index contributed by atoms with van der Waals surface area (Å²) in [5.41, 5.74) is 1.67. The highest BCUT2D eigenvalue weighted by atomic mass is 16.6. The van der Waals surface area contributed by atoms with Gasteiger partial charge in [-0.3, -0.25) is 5.10 Å². The fraction of sp³-hybridized carbons (Fsp3) is 0.312. The van der Waals surface area contributed by atoms with Crippen LogP contribution in [-0.4, -0.2) is 45.4 Å². The number of aromatic carboxylic acids is 1. The van der Waals surface area contributed by atoms with Gasteiger partial charge in [0, 0.05) is 24.7 Å². The van der Waals surface area contributed by atoms with Crippen LogP contribution in [0.1, 0.15) is 34.1 Å². The molecule has 2 aromatic rings. The number of carboxylic acid groups (broad SMARTS) is 1. The van der Waals surface area contributed by atoms with E-state index in [1.807, 2.05) is 30.3 Å². The average molecular weight is 315 g/mol. The Balaban J connectivity index is 1.54. The predicted molar refractivity (Wildman–Crippen MR) is 81.1 cm³/mol. The van der Waals surface area contributed by atoms with Gasteiger partial charge in [-0.2, -0.15) is 5.10 Å². The molecule has 0 saturated carbocycles. The number of carboxylic acids is 1. The molecular formula is C16H17N3O4. The molecule has 1 aromatic carbocycles. The van der Waals surface area contributed by atoms with E-state index in [4.69, 9.17) is 9.84 Å². The first-order valence-electron chi connectivity index (χ1n) is 7.37. The van der Waals surface area contributed by atoms with E-state index in [1.165, 1.54) is 6.07 Å². The van der Waals surface area contributed by atoms with Crippen LogP contribution >= 0.6 is 0 Å². The van der Waals surface area contributed by atoms with Crippen LogP contribution in [0, 0.1) is 0 Å². The SMILES string of the molecule is O=C(O)c1cc(C2CCN(C(=O)OCc3ccccc3)C2)[nH]n1. The number of amides is 1. The lowest BCUT2D eigenvalue weighted by molar-refractivity contribution is 0.0690. The molecule has 1 amide bonds. The van der Waals surface area contributed by atoms with Crippen LogP contribution in [0.2, 0.25) is 0 Å². The number of benzene rings is 1. The van der Waals surface area contributed by atoms with Crippen molar-refractivity contribution in [2.75, 3.05) is 13.1 Å². The molecule has 0 radical (unpaired) electrons. The van der Waals surface area contributed by atoms with Gasteiger partial charge in [0.15, 0.2) is 5.69 Å². The number of nitrogens with one attached hydrogen (secondary N) is 1. The Kier molecular flexibility index (Phi) is 4.27. The van der Waals surface area contributed by atoms with E-state index < -0.39 is 5.97 Å². The second-order valence-corrected chi connectivity index (χ2v) is 5.49. The van der Waals surface area contributed by atoms with Crippen molar-refractivity contribution in [1.29, 1.82) is 0 Å². The Bertz CT molecular complexity index is 698. The van der Waals surface area contributed by atoms with Gasteiger partial charge in [-0.25, -0.2) is 9.59 Å². The van der Waals surface area contributed by atoms with Gasteiger partial charge in [-0.1, -0.05) is 30.3 Å². The number of rotatable bonds is 4. The van der Waals surface area contributed by atoms with Crippen LogP contribution in [0.15, 0.2) is 36.4 Å². The summed E-state index contributed by atoms with van der Waals surface area (Å²) in [6, 6.07) is 11.0. The number of aromatic amines is 1. The Morgan fingerprint density at radius 1 is 1.35 bits per heavy atom. The number of likely N-dealkylation sites (tertiary alicyclic amines) is 1. The average Bonchev–Trinajstić information content (AvgIpc) is 3.22. The zero-order valence-corrected chi connectivity index (χ0v) is 12.4. The molecule has 0 bridgehead atoms. The Morgan fingerprint density at radius 3 is 2.83 bits per heavy atom. The van der Waals surface area contributed by atoms with Crippen LogP contribution < -0.4 is 0 Å². The van der Waals surface area contributed by atoms with Crippen molar-refractivity contribution in [3.8, 4) is 0 Å². The van der Waals surface area contributed by atoms with Crippen molar-refractivity contribution in [3.05, 3.63) is 53.3 Å². The highest BCUT2D eigenvalue weighted by Crippen LogP contribution is 2.26. The molecule has 0 aliphatic carbocycles. The molecule has 7 nitrogen and oxygen atoms in total. The summed E-state index contributed by atoms with van der Waals surface area (Å²) in [6.07, 6.45) is 0.399. The summed E-state index contributed by atoms with van der Waals surface area (Å²) in [5, 5.41) is 15.4. The van der Waals surface area contributed by atoms with E-state index in [2.05, 4.69) is 10.2 Å². The first kappa shape index (κ1) is 15.1. The molecule has 2 N–H and O–H groups in total. The molecule has 1 saturated heterocycles. The van der Waals surface area contributed by atoms with Crippen molar-refractivity contribution < 1.29 is 19.4 Å². The Morgan fingerprint density at radius 2 is 2.13 bits per heavy atom. The maximum Gasteiger partial charge on any atom is 0.410 e. The van der Waals surface area contributed by atoms with Gasteiger partial charge in [-0.05, 0) is 18.1 Å². The largest absolute Gasteiger partial charge is 0.476 e. The number of hydrogen-bond acceptors (Lipinski definition) is 4. The molecule has 1 aliphatic heterocycles. The van der Waals surface area contributed by atoms with Crippen LogP contribution in [0.25, 0.3) is 0 Å². The summed E-state index contributed by atoms with van der Waals surface area (Å²) in [5.74, 6) is -1.01. The molecule has 1 fully saturated rings. The van der Waals surface area contributed by atoms with Crippen molar-refractivity contribution in [3.63, 3.8) is 0 Å². The molecule has 3 rings (SSSR count). The normalized spacial score (nSPS) is 17.2. The number of ether oxygens (including phenoxy) is 1. The minimum atomic E-state index is -1.07. The Labute approximate surface area is 132 Å². The monoisotopic (exact) mass is 315 g/mol. The zero-order chi connectivity index (χ0) is 16.2. The molecule has 23 heavy (non-hydrogen) atoms. The number of nitrogens with zero attached hydrogens (tertiary/aromatic N) is 2. The molecule has 1 aromatic heterocycles. The molecule has 1 aliphatic rings. The van der Waals surface area contributed by atoms with Gasteiger partial charge < -0.3 is 14.7 Å². The van der Waals surface area contributed by atoms with E-state index >= 15 is 0 Å². The molecule has 2 heterocycles. The highest BCUT2D eigenvalue weighted by molar-refractivity contribution is 5.85. The lowest BCUT2D eigenvalue weighted by Crippen LogP contribution is -2.29. The first-order valence-corrected chi connectivity index (χ1v) is 7.37. The third-order valence-electron chi connectivity index (χ3n) is 3.91. The lowest BCUT2D eigenvalue weighted by Gasteiger charge is -2.16. The fourth-order valence-corrected chi connectivity index (χ4v) is 2.65. The topological polar surface area (TPSA) is 95.5 Å². The summed E-state index contributed by atoms with van der Waals surface area (Å²) >= 11 is 0. The van der Waals surface area contributed by atoms with Gasteiger partial charge in [0.05, 0.1) is 0 Å². The van der Waals surface area contributed by atoms with E-state index in [0.717, 1.165) is 17.7 Å². The number of aromatic nitrogens is 2. The summed E-state index contributed by atoms with van der Waals surface area (Å²) < 4.78 is 5.31. The molecule has 120 valence electrons. The second-order valence-electron chi connectivity index (χ2n) is 5.49. The van der Waals surface area contributed by atoms with E-state index in [-0.39, 0.29) is 24.3 Å². The van der Waals surface area contributed by atoms with Crippen LogP contribution in [0.5, 0.6) is 0 Å². The molecular weight excluding hydrogens is 298 g/mol. The zero-order valence-electron chi connectivity index (χ0n) is 12.4. The van der Waals surface area contributed by atoms with Gasteiger partial charge in [0.25, 0.3) is 0 Å². The van der Waals surface area contributed by atoms with E-state index in [9.17, 15) is 9.59 Å². The third kappa shape index (κ3) is 3.50. The first-order chi connectivity index (χ1) is 11.1. The van der Waals surface area contributed by atoms with Gasteiger partial charge >= 0.3 is 12.1 Å². The number of carbonyl (C=O) groups excluding carboxylic acids is 1. The molecule has 0 spiro atoms. The van der Waals surface area contributed by atoms with Gasteiger partial charge in [0.2, 0.25) is 0 Å². The minimum absolute atomic E-state index is 0.00916. The van der Waals surface area contributed by atoms with E-state index in [1.54, 1.807) is 4.90 Å². The van der Waals surface area contributed by atoms with Crippen molar-refractivity contribution in [1.82, 2.24) is 15.1 Å². The summed E-state index contributed by atoms with van der Waals surface area (Å²) in [7, 11) is 0. The lowest BCUT2D eigenvalue weighted by atomic mass is 10.1. The summed E-state index contributed by atoms with van der Waals surface area (Å²) in [4.78, 5) is 24.6. The number of carbonyl (C=O) groups is 2. The Hall–Kier alpha value is -2.83.